The lowest BCUT2D eigenvalue weighted by Crippen LogP contribution is -2.51. The van der Waals surface area contributed by atoms with E-state index >= 15 is 0 Å². The lowest BCUT2D eigenvalue weighted by molar-refractivity contribution is 0.0848. The minimum atomic E-state index is -0.284. The zero-order valence-corrected chi connectivity index (χ0v) is 11.1. The molecule has 0 radical (unpaired) electrons. The molecule has 18 heavy (non-hydrogen) atoms. The number of hydrazine groups is 1. The number of rotatable bonds is 4. The first kappa shape index (κ1) is 13.4. The van der Waals surface area contributed by atoms with Crippen LogP contribution >= 0.6 is 0 Å². The topological polar surface area (TPSA) is 31.4 Å². The largest absolute Gasteiger partial charge is 0.304 e. The molecular weight excluding hydrogens is 231 g/mol. The molecule has 2 rings (SSSR count). The molecule has 1 fully saturated rings. The number of likely N-dealkylation sites (N-methyl/N-ethyl adjacent to an activating group) is 1. The number of nitrogens with zero attached hydrogens (tertiary/aromatic N) is 3. The Bertz CT molecular complexity index is 360. The van der Waals surface area contributed by atoms with Crippen LogP contribution in [0.5, 0.6) is 0 Å². The van der Waals surface area contributed by atoms with Gasteiger partial charge in [-0.05, 0) is 25.6 Å². The van der Waals surface area contributed by atoms with E-state index in [1.807, 2.05) is 0 Å². The number of hydrogen-bond acceptors (Lipinski definition) is 4. The molecule has 1 aromatic rings. The molecule has 1 atom stereocenters. The van der Waals surface area contributed by atoms with Gasteiger partial charge in [0, 0.05) is 26.2 Å². The van der Waals surface area contributed by atoms with Crippen LogP contribution in [-0.2, 0) is 0 Å². The molecular formula is C13H21FN4. The summed E-state index contributed by atoms with van der Waals surface area (Å²) >= 11 is 0. The number of halogens is 1. The van der Waals surface area contributed by atoms with Crippen molar-refractivity contribution in [2.75, 3.05) is 33.2 Å². The van der Waals surface area contributed by atoms with Crippen LogP contribution in [-0.4, -0.2) is 48.1 Å². The average molecular weight is 252 g/mol. The minimum absolute atomic E-state index is 0.161. The van der Waals surface area contributed by atoms with E-state index in [0.717, 1.165) is 38.3 Å². The van der Waals surface area contributed by atoms with Gasteiger partial charge in [-0.15, -0.1) is 0 Å². The van der Waals surface area contributed by atoms with E-state index in [1.165, 1.54) is 12.3 Å². The normalized spacial score (nSPS) is 19.9. The summed E-state index contributed by atoms with van der Waals surface area (Å²) in [5.74, 6) is -0.284. The summed E-state index contributed by atoms with van der Waals surface area (Å²) in [6.45, 7) is 6.27. The Morgan fingerprint density at radius 1 is 1.33 bits per heavy atom. The molecule has 1 aliphatic heterocycles. The van der Waals surface area contributed by atoms with Crippen molar-refractivity contribution in [2.45, 2.75) is 19.4 Å². The number of pyridine rings is 1. The maximum Gasteiger partial charge on any atom is 0.141 e. The van der Waals surface area contributed by atoms with Crippen LogP contribution in [0.15, 0.2) is 18.3 Å². The van der Waals surface area contributed by atoms with Gasteiger partial charge in [-0.2, -0.15) is 0 Å². The van der Waals surface area contributed by atoms with Gasteiger partial charge >= 0.3 is 0 Å². The van der Waals surface area contributed by atoms with E-state index in [4.69, 9.17) is 0 Å². The second-order valence-corrected chi connectivity index (χ2v) is 4.78. The Morgan fingerprint density at radius 3 is 2.61 bits per heavy atom. The van der Waals surface area contributed by atoms with Crippen LogP contribution in [0.3, 0.4) is 0 Å². The summed E-state index contributed by atoms with van der Waals surface area (Å²) in [5.41, 5.74) is 4.38. The SMILES string of the molecule is CCC(NN1CCN(C)CC1)c1ccc(F)cn1. The molecule has 0 amide bonds. The Balaban J connectivity index is 1.94. The van der Waals surface area contributed by atoms with Gasteiger partial charge in [-0.3, -0.25) is 4.98 Å². The van der Waals surface area contributed by atoms with Gasteiger partial charge in [-0.1, -0.05) is 6.92 Å². The minimum Gasteiger partial charge on any atom is -0.304 e. The standard InChI is InChI=1S/C13H21FN4/c1-3-12(13-5-4-11(14)10-15-13)16-18-8-6-17(2)7-9-18/h4-5,10,12,16H,3,6-9H2,1-2H3. The molecule has 0 bridgehead atoms. The van der Waals surface area contributed by atoms with E-state index in [0.29, 0.717) is 0 Å². The number of nitrogens with one attached hydrogen (secondary N) is 1. The van der Waals surface area contributed by atoms with Crippen molar-refractivity contribution in [1.29, 1.82) is 0 Å². The van der Waals surface area contributed by atoms with Gasteiger partial charge < -0.3 is 4.90 Å². The first-order valence-electron chi connectivity index (χ1n) is 6.50. The summed E-state index contributed by atoms with van der Waals surface area (Å²) < 4.78 is 12.9. The molecule has 0 aliphatic carbocycles. The van der Waals surface area contributed by atoms with Crippen molar-refractivity contribution in [3.63, 3.8) is 0 Å². The summed E-state index contributed by atoms with van der Waals surface area (Å²) in [5, 5.41) is 2.24. The van der Waals surface area contributed by atoms with Crippen LogP contribution in [0.4, 0.5) is 4.39 Å². The zero-order valence-electron chi connectivity index (χ0n) is 11.1. The number of piperazine rings is 1. The van der Waals surface area contributed by atoms with Crippen molar-refractivity contribution in [3.8, 4) is 0 Å². The summed E-state index contributed by atoms with van der Waals surface area (Å²) in [7, 11) is 2.14. The monoisotopic (exact) mass is 252 g/mol. The van der Waals surface area contributed by atoms with E-state index in [9.17, 15) is 4.39 Å². The molecule has 1 aromatic heterocycles. The Kier molecular flexibility index (Phi) is 4.63. The van der Waals surface area contributed by atoms with Crippen molar-refractivity contribution in [3.05, 3.63) is 29.8 Å². The van der Waals surface area contributed by atoms with Crippen molar-refractivity contribution < 1.29 is 4.39 Å². The lowest BCUT2D eigenvalue weighted by Gasteiger charge is -2.35. The highest BCUT2D eigenvalue weighted by Gasteiger charge is 2.18. The van der Waals surface area contributed by atoms with Crippen LogP contribution in [0, 0.1) is 5.82 Å². The summed E-state index contributed by atoms with van der Waals surface area (Å²) in [6.07, 6.45) is 2.22. The predicted molar refractivity (Wildman–Crippen MR) is 69.4 cm³/mol. The molecule has 100 valence electrons. The molecule has 0 spiro atoms. The molecule has 2 heterocycles. The van der Waals surface area contributed by atoms with Crippen molar-refractivity contribution in [2.24, 2.45) is 0 Å². The maximum absolute atomic E-state index is 12.9. The first-order chi connectivity index (χ1) is 8.69. The molecule has 0 saturated carbocycles. The fourth-order valence-electron chi connectivity index (χ4n) is 2.12. The van der Waals surface area contributed by atoms with Crippen LogP contribution in [0.25, 0.3) is 0 Å². The van der Waals surface area contributed by atoms with Gasteiger partial charge in [0.15, 0.2) is 0 Å². The molecule has 0 aromatic carbocycles. The van der Waals surface area contributed by atoms with Crippen molar-refractivity contribution >= 4 is 0 Å². The van der Waals surface area contributed by atoms with Crippen LogP contribution in [0.2, 0.25) is 0 Å². The average Bonchev–Trinajstić information content (AvgIpc) is 2.39. The Morgan fingerprint density at radius 2 is 2.06 bits per heavy atom. The van der Waals surface area contributed by atoms with E-state index < -0.39 is 0 Å². The quantitative estimate of drug-likeness (QED) is 0.878. The number of hydrogen-bond donors (Lipinski definition) is 1. The molecule has 1 saturated heterocycles. The van der Waals surface area contributed by atoms with Crippen LogP contribution < -0.4 is 5.43 Å². The Hall–Kier alpha value is -1.04. The molecule has 5 heteroatoms. The third-order valence-electron chi connectivity index (χ3n) is 3.36. The van der Waals surface area contributed by atoms with Crippen LogP contribution in [0.1, 0.15) is 25.1 Å². The second-order valence-electron chi connectivity index (χ2n) is 4.78. The van der Waals surface area contributed by atoms with Gasteiger partial charge in [0.1, 0.15) is 5.82 Å². The highest BCUT2D eigenvalue weighted by molar-refractivity contribution is 5.09. The van der Waals surface area contributed by atoms with Gasteiger partial charge in [-0.25, -0.2) is 14.8 Å². The summed E-state index contributed by atoms with van der Waals surface area (Å²) in [6, 6.07) is 3.39. The van der Waals surface area contributed by atoms with E-state index in [-0.39, 0.29) is 11.9 Å². The highest BCUT2D eigenvalue weighted by atomic mass is 19.1. The first-order valence-corrected chi connectivity index (χ1v) is 6.50. The third kappa shape index (κ3) is 3.48. The highest BCUT2D eigenvalue weighted by Crippen LogP contribution is 2.15. The summed E-state index contributed by atoms with van der Waals surface area (Å²) in [4.78, 5) is 6.47. The van der Waals surface area contributed by atoms with E-state index in [1.54, 1.807) is 6.07 Å². The third-order valence-corrected chi connectivity index (χ3v) is 3.36. The lowest BCUT2D eigenvalue weighted by atomic mass is 10.1. The smallest absolute Gasteiger partial charge is 0.141 e. The van der Waals surface area contributed by atoms with Gasteiger partial charge in [0.2, 0.25) is 0 Å². The van der Waals surface area contributed by atoms with Crippen molar-refractivity contribution in [1.82, 2.24) is 20.3 Å². The molecule has 1 N–H and O–H groups in total. The number of aromatic nitrogens is 1. The van der Waals surface area contributed by atoms with Gasteiger partial charge in [0.25, 0.3) is 0 Å². The van der Waals surface area contributed by atoms with Gasteiger partial charge in [0.05, 0.1) is 17.9 Å². The Labute approximate surface area is 108 Å². The predicted octanol–water partition coefficient (Wildman–Crippen LogP) is 1.42. The maximum atomic E-state index is 12.9. The zero-order chi connectivity index (χ0) is 13.0. The second kappa shape index (κ2) is 6.22. The fraction of sp³-hybridized carbons (Fsp3) is 0.615. The molecule has 1 unspecified atom stereocenters. The fourth-order valence-corrected chi connectivity index (χ4v) is 2.12. The van der Waals surface area contributed by atoms with E-state index in [2.05, 4.69) is 34.3 Å². The molecule has 4 nitrogen and oxygen atoms in total. The molecule has 1 aliphatic rings.